The van der Waals surface area contributed by atoms with Crippen LogP contribution in [0.25, 0.3) is 0 Å². The van der Waals surface area contributed by atoms with Crippen LogP contribution in [0.4, 0.5) is 0 Å². The minimum absolute atomic E-state index is 0.284. The van der Waals surface area contributed by atoms with Crippen molar-refractivity contribution in [1.82, 2.24) is 0 Å². The number of hydrogen-bond acceptors (Lipinski definition) is 2. The summed E-state index contributed by atoms with van der Waals surface area (Å²) >= 11 is 0. The summed E-state index contributed by atoms with van der Waals surface area (Å²) in [7, 11) is 0. The van der Waals surface area contributed by atoms with E-state index >= 15 is 0 Å². The highest BCUT2D eigenvalue weighted by Gasteiger charge is 2.40. The van der Waals surface area contributed by atoms with Gasteiger partial charge in [0, 0.05) is 0 Å². The standard InChI is InChI=1S/C23H44O4/c1-6-19(7-2)16-23(22(26)27,17-20(8-3)9-4)15-13-11-10-12-14-18(5)21(24)25/h18-20H,6-17H2,1-5H3,(H,24,25)(H,26,27). The van der Waals surface area contributed by atoms with Crippen LogP contribution in [0.5, 0.6) is 0 Å². The van der Waals surface area contributed by atoms with Crippen molar-refractivity contribution in [2.75, 3.05) is 0 Å². The quantitative estimate of drug-likeness (QED) is 0.271. The second-order valence-electron chi connectivity index (χ2n) is 8.55. The second-order valence-corrected chi connectivity index (χ2v) is 8.55. The van der Waals surface area contributed by atoms with Gasteiger partial charge in [0.2, 0.25) is 0 Å². The van der Waals surface area contributed by atoms with Gasteiger partial charge in [-0.25, -0.2) is 0 Å². The Morgan fingerprint density at radius 2 is 1.22 bits per heavy atom. The van der Waals surface area contributed by atoms with Crippen molar-refractivity contribution in [2.24, 2.45) is 23.2 Å². The van der Waals surface area contributed by atoms with E-state index in [-0.39, 0.29) is 5.92 Å². The zero-order chi connectivity index (χ0) is 20.9. The molecule has 160 valence electrons. The summed E-state index contributed by atoms with van der Waals surface area (Å²) in [5, 5.41) is 19.1. The van der Waals surface area contributed by atoms with Crippen molar-refractivity contribution in [3.63, 3.8) is 0 Å². The van der Waals surface area contributed by atoms with Gasteiger partial charge in [-0.1, -0.05) is 86.0 Å². The van der Waals surface area contributed by atoms with Crippen molar-refractivity contribution in [2.45, 2.75) is 112 Å². The molecule has 0 aromatic rings. The molecule has 0 radical (unpaired) electrons. The van der Waals surface area contributed by atoms with Crippen LogP contribution in [-0.2, 0) is 9.59 Å². The highest BCUT2D eigenvalue weighted by molar-refractivity contribution is 5.74. The maximum Gasteiger partial charge on any atom is 0.309 e. The molecule has 1 unspecified atom stereocenters. The fourth-order valence-corrected chi connectivity index (χ4v) is 4.22. The van der Waals surface area contributed by atoms with Gasteiger partial charge < -0.3 is 10.2 Å². The van der Waals surface area contributed by atoms with Crippen LogP contribution < -0.4 is 0 Å². The molecule has 0 aliphatic carbocycles. The maximum absolute atomic E-state index is 12.4. The van der Waals surface area contributed by atoms with Crippen LogP contribution in [-0.4, -0.2) is 22.2 Å². The zero-order valence-corrected chi connectivity index (χ0v) is 18.4. The molecule has 0 aliphatic rings. The van der Waals surface area contributed by atoms with Gasteiger partial charge in [0.25, 0.3) is 0 Å². The third-order valence-electron chi connectivity index (χ3n) is 6.59. The van der Waals surface area contributed by atoms with Crippen LogP contribution >= 0.6 is 0 Å². The van der Waals surface area contributed by atoms with E-state index < -0.39 is 17.4 Å². The lowest BCUT2D eigenvalue weighted by molar-refractivity contribution is -0.152. The lowest BCUT2D eigenvalue weighted by atomic mass is 9.68. The molecule has 4 heteroatoms. The second kappa shape index (κ2) is 14.0. The molecule has 0 rings (SSSR count). The Labute approximate surface area is 167 Å². The van der Waals surface area contributed by atoms with Gasteiger partial charge in [-0.2, -0.15) is 0 Å². The largest absolute Gasteiger partial charge is 0.481 e. The summed E-state index contributed by atoms with van der Waals surface area (Å²) in [6, 6.07) is 0. The zero-order valence-electron chi connectivity index (χ0n) is 18.4. The summed E-state index contributed by atoms with van der Waals surface area (Å²) < 4.78 is 0. The molecule has 0 aromatic carbocycles. The Morgan fingerprint density at radius 1 is 0.778 bits per heavy atom. The molecule has 0 amide bonds. The van der Waals surface area contributed by atoms with Crippen molar-refractivity contribution >= 4 is 11.9 Å². The SMILES string of the molecule is CCC(CC)CC(CCCCCCC(C)C(=O)O)(CC(CC)CC)C(=O)O. The molecule has 0 saturated carbocycles. The normalized spacial score (nSPS) is 13.3. The van der Waals surface area contributed by atoms with E-state index in [9.17, 15) is 14.7 Å². The molecule has 1 atom stereocenters. The van der Waals surface area contributed by atoms with E-state index in [4.69, 9.17) is 5.11 Å². The van der Waals surface area contributed by atoms with Gasteiger partial charge in [0.05, 0.1) is 11.3 Å². The van der Waals surface area contributed by atoms with Gasteiger partial charge in [-0.05, 0) is 37.5 Å². The number of hydrogen-bond donors (Lipinski definition) is 2. The van der Waals surface area contributed by atoms with E-state index in [2.05, 4.69) is 27.7 Å². The molecule has 27 heavy (non-hydrogen) atoms. The number of carbonyl (C=O) groups is 2. The predicted molar refractivity (Wildman–Crippen MR) is 112 cm³/mol. The average Bonchev–Trinajstić information content (AvgIpc) is 2.65. The molecule has 4 nitrogen and oxygen atoms in total. The lowest BCUT2D eigenvalue weighted by Gasteiger charge is -2.35. The Morgan fingerprint density at radius 3 is 1.59 bits per heavy atom. The first-order chi connectivity index (χ1) is 12.8. The highest BCUT2D eigenvalue weighted by Crippen LogP contribution is 2.42. The fourth-order valence-electron chi connectivity index (χ4n) is 4.22. The molecule has 2 N–H and O–H groups in total. The van der Waals surface area contributed by atoms with Crippen LogP contribution in [0, 0.1) is 23.2 Å². The molecule has 0 fully saturated rings. The lowest BCUT2D eigenvalue weighted by Crippen LogP contribution is -2.35. The first-order valence-corrected chi connectivity index (χ1v) is 11.2. The molecule has 0 bridgehead atoms. The summed E-state index contributed by atoms with van der Waals surface area (Å²) in [4.78, 5) is 23.3. The van der Waals surface area contributed by atoms with Crippen molar-refractivity contribution in [3.8, 4) is 0 Å². The third-order valence-corrected chi connectivity index (χ3v) is 6.59. The number of unbranched alkanes of at least 4 members (excludes halogenated alkanes) is 3. The van der Waals surface area contributed by atoms with E-state index in [1.807, 2.05) is 0 Å². The molecule has 0 spiro atoms. The van der Waals surface area contributed by atoms with Gasteiger partial charge in [-0.3, -0.25) is 9.59 Å². The van der Waals surface area contributed by atoms with Crippen molar-refractivity contribution in [1.29, 1.82) is 0 Å². The summed E-state index contributed by atoms with van der Waals surface area (Å²) in [5.41, 5.74) is -0.596. The Hall–Kier alpha value is -1.06. The fraction of sp³-hybridized carbons (Fsp3) is 0.913. The Kier molecular flexibility index (Phi) is 13.5. The minimum Gasteiger partial charge on any atom is -0.481 e. The summed E-state index contributed by atoms with van der Waals surface area (Å²) in [5.74, 6) is -0.664. The van der Waals surface area contributed by atoms with Crippen molar-refractivity contribution in [3.05, 3.63) is 0 Å². The predicted octanol–water partition coefficient (Wildman–Crippen LogP) is 6.77. The minimum atomic E-state index is -0.727. The highest BCUT2D eigenvalue weighted by atomic mass is 16.4. The first-order valence-electron chi connectivity index (χ1n) is 11.2. The first kappa shape index (κ1) is 25.9. The maximum atomic E-state index is 12.4. The van der Waals surface area contributed by atoms with Crippen LogP contribution in [0.3, 0.4) is 0 Å². The van der Waals surface area contributed by atoms with Crippen LogP contribution in [0.15, 0.2) is 0 Å². The summed E-state index contributed by atoms with van der Waals surface area (Å²) in [6.07, 6.45) is 11.0. The molecular formula is C23H44O4. The van der Waals surface area contributed by atoms with E-state index in [1.54, 1.807) is 6.92 Å². The summed E-state index contributed by atoms with van der Waals surface area (Å²) in [6.45, 7) is 10.4. The van der Waals surface area contributed by atoms with E-state index in [0.717, 1.165) is 70.6 Å². The van der Waals surface area contributed by atoms with E-state index in [0.29, 0.717) is 18.3 Å². The van der Waals surface area contributed by atoms with Gasteiger partial charge in [0.1, 0.15) is 0 Å². The van der Waals surface area contributed by atoms with Gasteiger partial charge in [0.15, 0.2) is 0 Å². The monoisotopic (exact) mass is 384 g/mol. The molecule has 0 aromatic heterocycles. The van der Waals surface area contributed by atoms with Gasteiger partial charge >= 0.3 is 11.9 Å². The number of rotatable bonds is 17. The number of aliphatic carboxylic acids is 2. The Balaban J connectivity index is 4.86. The number of carboxylic acids is 2. The van der Waals surface area contributed by atoms with E-state index in [1.165, 1.54) is 0 Å². The average molecular weight is 385 g/mol. The molecule has 0 aliphatic heterocycles. The van der Waals surface area contributed by atoms with Gasteiger partial charge in [-0.15, -0.1) is 0 Å². The molecule has 0 saturated heterocycles. The molecule has 0 heterocycles. The van der Waals surface area contributed by atoms with Crippen LogP contribution in [0.2, 0.25) is 0 Å². The third kappa shape index (κ3) is 9.62. The number of carboxylic acid groups (broad SMARTS) is 2. The Bertz CT molecular complexity index is 397. The smallest absolute Gasteiger partial charge is 0.309 e. The van der Waals surface area contributed by atoms with Crippen molar-refractivity contribution < 1.29 is 19.8 Å². The topological polar surface area (TPSA) is 74.6 Å². The molecular weight excluding hydrogens is 340 g/mol. The van der Waals surface area contributed by atoms with Crippen LogP contribution in [0.1, 0.15) is 112 Å².